The zero-order chi connectivity index (χ0) is 22.7. The monoisotopic (exact) mass is 436 g/mol. The predicted molar refractivity (Wildman–Crippen MR) is 121 cm³/mol. The van der Waals surface area contributed by atoms with E-state index in [0.29, 0.717) is 11.1 Å². The van der Waals surface area contributed by atoms with Crippen molar-refractivity contribution in [3.05, 3.63) is 62.8 Å². The molecular formula is C23H24N4O5. The lowest BCUT2D eigenvalue weighted by atomic mass is 9.95. The first kappa shape index (κ1) is 21.4. The summed E-state index contributed by atoms with van der Waals surface area (Å²) in [5.41, 5.74) is 6.73. The summed E-state index contributed by atoms with van der Waals surface area (Å²) in [6, 6.07) is 8.42. The molecule has 0 bridgehead atoms. The molecule has 4 rings (SSSR count). The van der Waals surface area contributed by atoms with Gasteiger partial charge in [-0.1, -0.05) is 0 Å². The van der Waals surface area contributed by atoms with Gasteiger partial charge >= 0.3 is 5.69 Å². The van der Waals surface area contributed by atoms with Crippen LogP contribution in [0.3, 0.4) is 0 Å². The normalized spacial score (nSPS) is 13.2. The fourth-order valence-corrected chi connectivity index (χ4v) is 4.04. The average Bonchev–Trinajstić information content (AvgIpc) is 3.17. The Labute approximate surface area is 184 Å². The van der Waals surface area contributed by atoms with Crippen molar-refractivity contribution in [2.24, 2.45) is 5.10 Å². The SMILES string of the molecule is CCOc1c(OC)cc(/C=N\NC(=O)c2ccc3[nH]c4c(c3c2)CCCC4)cc1[N+](=O)[O-]. The number of hydrazone groups is 1. The van der Waals surface area contributed by atoms with Gasteiger partial charge in [0, 0.05) is 33.8 Å². The van der Waals surface area contributed by atoms with Gasteiger partial charge in [0.15, 0.2) is 5.75 Å². The molecule has 1 heterocycles. The summed E-state index contributed by atoms with van der Waals surface area (Å²) < 4.78 is 10.6. The molecule has 1 aliphatic carbocycles. The predicted octanol–water partition coefficient (Wildman–Crippen LogP) is 4.13. The lowest BCUT2D eigenvalue weighted by Crippen LogP contribution is -2.17. The van der Waals surface area contributed by atoms with Gasteiger partial charge in [0.25, 0.3) is 5.91 Å². The fourth-order valence-electron chi connectivity index (χ4n) is 4.04. The number of nitro groups is 1. The summed E-state index contributed by atoms with van der Waals surface area (Å²) in [6.07, 6.45) is 5.71. The maximum Gasteiger partial charge on any atom is 0.315 e. The van der Waals surface area contributed by atoms with Crippen molar-refractivity contribution < 1.29 is 19.2 Å². The van der Waals surface area contributed by atoms with E-state index in [0.717, 1.165) is 30.2 Å². The smallest absolute Gasteiger partial charge is 0.315 e. The van der Waals surface area contributed by atoms with Crippen LogP contribution in [0.25, 0.3) is 10.9 Å². The maximum atomic E-state index is 12.6. The number of ether oxygens (including phenoxy) is 2. The number of hydrogen-bond acceptors (Lipinski definition) is 6. The standard InChI is InChI=1S/C23H24N4O5/c1-3-32-22-20(27(29)30)10-14(11-21(22)31-2)13-24-26-23(28)15-8-9-19-17(12-15)16-6-4-5-7-18(16)25-19/h8-13,25H,3-7H2,1-2H3,(H,26,28)/b24-13-. The van der Waals surface area contributed by atoms with Crippen LogP contribution in [-0.4, -0.2) is 35.7 Å². The number of fused-ring (bicyclic) bond motifs is 3. The quantitative estimate of drug-likeness (QED) is 0.328. The molecule has 32 heavy (non-hydrogen) atoms. The molecule has 0 aliphatic heterocycles. The first-order chi connectivity index (χ1) is 15.5. The number of aromatic amines is 1. The molecule has 0 saturated heterocycles. The number of aromatic nitrogens is 1. The van der Waals surface area contributed by atoms with E-state index in [2.05, 4.69) is 15.5 Å². The lowest BCUT2D eigenvalue weighted by molar-refractivity contribution is -0.385. The maximum absolute atomic E-state index is 12.6. The van der Waals surface area contributed by atoms with Crippen LogP contribution in [0.4, 0.5) is 5.69 Å². The van der Waals surface area contributed by atoms with Crippen molar-refractivity contribution in [2.45, 2.75) is 32.6 Å². The zero-order valence-corrected chi connectivity index (χ0v) is 17.9. The molecule has 1 aromatic heterocycles. The molecule has 3 aromatic rings. The topological polar surface area (TPSA) is 119 Å². The van der Waals surface area contributed by atoms with Crippen LogP contribution in [0.15, 0.2) is 35.4 Å². The number of rotatable bonds is 7. The van der Waals surface area contributed by atoms with E-state index in [-0.39, 0.29) is 29.7 Å². The Hall–Kier alpha value is -3.88. The Kier molecular flexibility index (Phi) is 6.07. The number of H-pyrrole nitrogens is 1. The highest BCUT2D eigenvalue weighted by atomic mass is 16.6. The largest absolute Gasteiger partial charge is 0.493 e. The summed E-state index contributed by atoms with van der Waals surface area (Å²) >= 11 is 0. The molecule has 1 amide bonds. The second kappa shape index (κ2) is 9.09. The average molecular weight is 436 g/mol. The summed E-state index contributed by atoms with van der Waals surface area (Å²) in [4.78, 5) is 26.9. The second-order valence-electron chi connectivity index (χ2n) is 7.51. The van der Waals surface area contributed by atoms with Crippen molar-refractivity contribution in [2.75, 3.05) is 13.7 Å². The third-order valence-electron chi connectivity index (χ3n) is 5.50. The molecule has 1 aliphatic rings. The molecule has 9 nitrogen and oxygen atoms in total. The van der Waals surface area contributed by atoms with Crippen LogP contribution >= 0.6 is 0 Å². The van der Waals surface area contributed by atoms with Crippen molar-refractivity contribution in [1.82, 2.24) is 10.4 Å². The van der Waals surface area contributed by atoms with E-state index in [9.17, 15) is 14.9 Å². The molecule has 0 radical (unpaired) electrons. The minimum absolute atomic E-state index is 0.0596. The number of benzene rings is 2. The van der Waals surface area contributed by atoms with Gasteiger partial charge in [-0.3, -0.25) is 14.9 Å². The van der Waals surface area contributed by atoms with Crippen molar-refractivity contribution in [1.29, 1.82) is 0 Å². The summed E-state index contributed by atoms with van der Waals surface area (Å²) in [5, 5.41) is 16.5. The van der Waals surface area contributed by atoms with Gasteiger partial charge in [-0.2, -0.15) is 5.10 Å². The molecule has 2 N–H and O–H groups in total. The lowest BCUT2D eigenvalue weighted by Gasteiger charge is -2.10. The number of nitrogens with one attached hydrogen (secondary N) is 2. The van der Waals surface area contributed by atoms with E-state index in [1.54, 1.807) is 19.1 Å². The Bertz CT molecular complexity index is 1210. The molecule has 2 aromatic carbocycles. The van der Waals surface area contributed by atoms with Gasteiger partial charge in [-0.15, -0.1) is 0 Å². The number of hydrogen-bond donors (Lipinski definition) is 2. The van der Waals surface area contributed by atoms with Crippen LogP contribution in [-0.2, 0) is 12.8 Å². The van der Waals surface area contributed by atoms with E-state index < -0.39 is 4.92 Å². The first-order valence-corrected chi connectivity index (χ1v) is 10.5. The molecule has 166 valence electrons. The highest BCUT2D eigenvalue weighted by Gasteiger charge is 2.22. The summed E-state index contributed by atoms with van der Waals surface area (Å²) in [7, 11) is 1.40. The molecular weight excluding hydrogens is 412 g/mol. The van der Waals surface area contributed by atoms with Crippen LogP contribution < -0.4 is 14.9 Å². The minimum Gasteiger partial charge on any atom is -0.493 e. The highest BCUT2D eigenvalue weighted by molar-refractivity contribution is 5.99. The van der Waals surface area contributed by atoms with E-state index in [4.69, 9.17) is 9.47 Å². The number of aryl methyl sites for hydroxylation is 2. The number of methoxy groups -OCH3 is 1. The van der Waals surface area contributed by atoms with Gasteiger partial charge < -0.3 is 14.5 Å². The van der Waals surface area contributed by atoms with Gasteiger partial charge in [-0.25, -0.2) is 5.43 Å². The summed E-state index contributed by atoms with van der Waals surface area (Å²) in [5.74, 6) is -0.0813. The molecule has 0 unspecified atom stereocenters. The van der Waals surface area contributed by atoms with Crippen LogP contribution in [0.2, 0.25) is 0 Å². The number of amides is 1. The van der Waals surface area contributed by atoms with E-state index >= 15 is 0 Å². The third kappa shape index (κ3) is 4.14. The zero-order valence-electron chi connectivity index (χ0n) is 17.9. The number of nitro benzene ring substituents is 1. The summed E-state index contributed by atoms with van der Waals surface area (Å²) in [6.45, 7) is 1.99. The fraction of sp³-hybridized carbons (Fsp3) is 0.304. The highest BCUT2D eigenvalue weighted by Crippen LogP contribution is 2.38. The van der Waals surface area contributed by atoms with Gasteiger partial charge in [0.05, 0.1) is 24.9 Å². The van der Waals surface area contributed by atoms with Crippen molar-refractivity contribution in [3.63, 3.8) is 0 Å². The van der Waals surface area contributed by atoms with Crippen molar-refractivity contribution in [3.8, 4) is 11.5 Å². The van der Waals surface area contributed by atoms with E-state index in [1.165, 1.54) is 37.1 Å². The molecule has 0 atom stereocenters. The molecule has 0 saturated carbocycles. The van der Waals surface area contributed by atoms with E-state index in [1.807, 2.05) is 12.1 Å². The number of carbonyl (C=O) groups is 1. The molecule has 0 fully saturated rings. The third-order valence-corrected chi connectivity index (χ3v) is 5.50. The molecule has 9 heteroatoms. The Morgan fingerprint density at radius 2 is 2.09 bits per heavy atom. The second-order valence-corrected chi connectivity index (χ2v) is 7.51. The van der Waals surface area contributed by atoms with Crippen LogP contribution in [0.1, 0.15) is 46.9 Å². The van der Waals surface area contributed by atoms with Gasteiger partial charge in [-0.05, 0) is 62.4 Å². The Morgan fingerprint density at radius 3 is 2.84 bits per heavy atom. The van der Waals surface area contributed by atoms with Crippen LogP contribution in [0.5, 0.6) is 11.5 Å². The number of nitrogens with zero attached hydrogens (tertiary/aromatic N) is 2. The van der Waals surface area contributed by atoms with Crippen LogP contribution in [0, 0.1) is 10.1 Å². The van der Waals surface area contributed by atoms with Gasteiger partial charge in [0.1, 0.15) is 0 Å². The minimum atomic E-state index is -0.545. The Balaban J connectivity index is 1.54. The first-order valence-electron chi connectivity index (χ1n) is 10.5. The molecule has 0 spiro atoms. The van der Waals surface area contributed by atoms with Gasteiger partial charge in [0.2, 0.25) is 5.75 Å². The number of carbonyl (C=O) groups excluding carboxylic acids is 1. The Morgan fingerprint density at radius 1 is 1.28 bits per heavy atom. The van der Waals surface area contributed by atoms with Crippen molar-refractivity contribution >= 4 is 28.7 Å².